The minimum atomic E-state index is -0.481. The van der Waals surface area contributed by atoms with Gasteiger partial charge in [0.25, 0.3) is 11.6 Å². The summed E-state index contributed by atoms with van der Waals surface area (Å²) in [5.74, 6) is 1.31. The van der Waals surface area contributed by atoms with Crippen molar-refractivity contribution in [2.24, 2.45) is 0 Å². The molecule has 1 fully saturated rings. The lowest BCUT2D eigenvalue weighted by Crippen LogP contribution is -2.03. The molecule has 0 amide bonds. The molecule has 3 heterocycles. The normalized spacial score (nSPS) is 15.2. The van der Waals surface area contributed by atoms with Gasteiger partial charge >= 0.3 is 0 Å². The van der Waals surface area contributed by atoms with Crippen LogP contribution in [0, 0.1) is 5.82 Å². The molecule has 3 aromatic heterocycles. The van der Waals surface area contributed by atoms with Crippen molar-refractivity contribution >= 4 is 11.1 Å². The zero-order valence-corrected chi connectivity index (χ0v) is 14.4. The van der Waals surface area contributed by atoms with Crippen LogP contribution in [0.2, 0.25) is 0 Å². The first kappa shape index (κ1) is 15.9. The van der Waals surface area contributed by atoms with Gasteiger partial charge in [-0.15, -0.1) is 10.2 Å². The van der Waals surface area contributed by atoms with Crippen LogP contribution in [0.3, 0.4) is 0 Å². The third-order valence-corrected chi connectivity index (χ3v) is 4.48. The molecule has 8 heteroatoms. The molecule has 0 spiro atoms. The maximum atomic E-state index is 13.0. The molecule has 1 aliphatic carbocycles. The Balaban J connectivity index is 1.40. The highest BCUT2D eigenvalue weighted by molar-refractivity contribution is 5.81. The standard InChI is InChI=1S/C19H15FN4O3/c1-10(25-14-6-4-13(20)5-7-14)17-22-23-18(26-17)12-8-15-16(11-2-3-11)24-27-19(15)21-9-12/h4-11H,2-3H2,1H3/t10-/m1/s1. The molecule has 1 aromatic carbocycles. The lowest BCUT2D eigenvalue weighted by molar-refractivity contribution is 0.189. The second-order valence-corrected chi connectivity index (χ2v) is 6.58. The fourth-order valence-corrected chi connectivity index (χ4v) is 2.90. The maximum absolute atomic E-state index is 13.0. The number of hydrogen-bond acceptors (Lipinski definition) is 7. The average molecular weight is 366 g/mol. The number of benzene rings is 1. The van der Waals surface area contributed by atoms with Crippen molar-refractivity contribution in [2.75, 3.05) is 0 Å². The molecule has 0 N–H and O–H groups in total. The van der Waals surface area contributed by atoms with Gasteiger partial charge in [-0.3, -0.25) is 0 Å². The van der Waals surface area contributed by atoms with Crippen LogP contribution < -0.4 is 4.74 Å². The Morgan fingerprint density at radius 2 is 2.00 bits per heavy atom. The summed E-state index contributed by atoms with van der Waals surface area (Å²) < 4.78 is 29.8. The molecule has 0 bridgehead atoms. The Bertz CT molecular complexity index is 1100. The van der Waals surface area contributed by atoms with Gasteiger partial charge in [0.1, 0.15) is 11.6 Å². The van der Waals surface area contributed by atoms with E-state index in [1.54, 1.807) is 25.3 Å². The number of aromatic nitrogens is 4. The van der Waals surface area contributed by atoms with E-state index >= 15 is 0 Å². The SMILES string of the molecule is C[C@@H](Oc1ccc(F)cc1)c1nnc(-c2cnc3onc(C4CC4)c3c2)o1. The third kappa shape index (κ3) is 3.03. The van der Waals surface area contributed by atoms with Gasteiger partial charge in [-0.1, -0.05) is 5.16 Å². The summed E-state index contributed by atoms with van der Waals surface area (Å²) in [6, 6.07) is 7.67. The number of halogens is 1. The summed E-state index contributed by atoms with van der Waals surface area (Å²) in [5, 5.41) is 13.2. The molecular weight excluding hydrogens is 351 g/mol. The first-order valence-corrected chi connectivity index (χ1v) is 8.68. The van der Waals surface area contributed by atoms with Crippen molar-refractivity contribution in [3.8, 4) is 17.2 Å². The summed E-state index contributed by atoms with van der Waals surface area (Å²) in [6.07, 6.45) is 3.38. The minimum Gasteiger partial charge on any atom is -0.481 e. The molecule has 1 aliphatic rings. The van der Waals surface area contributed by atoms with E-state index in [4.69, 9.17) is 13.7 Å². The fourth-order valence-electron chi connectivity index (χ4n) is 2.90. The van der Waals surface area contributed by atoms with Crippen LogP contribution in [0.4, 0.5) is 4.39 Å². The number of pyridine rings is 1. The summed E-state index contributed by atoms with van der Waals surface area (Å²) in [4.78, 5) is 4.29. The third-order valence-electron chi connectivity index (χ3n) is 4.48. The second kappa shape index (κ2) is 6.15. The zero-order valence-electron chi connectivity index (χ0n) is 14.4. The van der Waals surface area contributed by atoms with E-state index in [1.807, 2.05) is 6.07 Å². The summed E-state index contributed by atoms with van der Waals surface area (Å²) >= 11 is 0. The van der Waals surface area contributed by atoms with E-state index < -0.39 is 6.10 Å². The molecule has 0 aliphatic heterocycles. The Kier molecular flexibility index (Phi) is 3.63. The van der Waals surface area contributed by atoms with Gasteiger partial charge in [-0.05, 0) is 50.1 Å². The zero-order chi connectivity index (χ0) is 18.4. The molecule has 1 atom stereocenters. The fraction of sp³-hybridized carbons (Fsp3) is 0.263. The van der Waals surface area contributed by atoms with Crippen molar-refractivity contribution in [3.05, 3.63) is 53.9 Å². The number of fused-ring (bicyclic) bond motifs is 1. The highest BCUT2D eigenvalue weighted by Gasteiger charge is 2.29. The van der Waals surface area contributed by atoms with Crippen LogP contribution in [0.15, 0.2) is 45.5 Å². The topological polar surface area (TPSA) is 87.1 Å². The van der Waals surface area contributed by atoms with Gasteiger partial charge in [0, 0.05) is 12.1 Å². The minimum absolute atomic E-state index is 0.321. The molecule has 0 unspecified atom stereocenters. The van der Waals surface area contributed by atoms with E-state index in [1.165, 1.54) is 12.1 Å². The van der Waals surface area contributed by atoms with E-state index in [2.05, 4.69) is 20.3 Å². The largest absolute Gasteiger partial charge is 0.481 e. The Labute approximate surface area is 153 Å². The molecule has 27 heavy (non-hydrogen) atoms. The molecule has 5 rings (SSSR count). The molecule has 4 aromatic rings. The van der Waals surface area contributed by atoms with Crippen molar-refractivity contribution in [3.63, 3.8) is 0 Å². The van der Waals surface area contributed by atoms with E-state index in [0.717, 1.165) is 23.9 Å². The van der Waals surface area contributed by atoms with Crippen LogP contribution in [-0.4, -0.2) is 20.3 Å². The monoisotopic (exact) mass is 366 g/mol. The quantitative estimate of drug-likeness (QED) is 0.516. The highest BCUT2D eigenvalue weighted by atomic mass is 19.1. The van der Waals surface area contributed by atoms with E-state index in [0.29, 0.717) is 34.7 Å². The summed E-state index contributed by atoms with van der Waals surface area (Å²) in [6.45, 7) is 1.79. The maximum Gasteiger partial charge on any atom is 0.257 e. The Morgan fingerprint density at radius 1 is 1.19 bits per heavy atom. The lowest BCUT2D eigenvalue weighted by Gasteiger charge is -2.10. The van der Waals surface area contributed by atoms with Crippen molar-refractivity contribution < 1.29 is 18.1 Å². The average Bonchev–Trinajstić information content (AvgIpc) is 3.24. The van der Waals surface area contributed by atoms with Gasteiger partial charge in [-0.2, -0.15) is 0 Å². The molecule has 0 saturated heterocycles. The van der Waals surface area contributed by atoms with Crippen LogP contribution in [-0.2, 0) is 0 Å². The van der Waals surface area contributed by atoms with Gasteiger partial charge < -0.3 is 13.7 Å². The number of ether oxygens (including phenoxy) is 1. The Hall–Kier alpha value is -3.29. The lowest BCUT2D eigenvalue weighted by atomic mass is 10.1. The molecular formula is C19H15FN4O3. The summed E-state index contributed by atoms with van der Waals surface area (Å²) in [5.41, 5.74) is 2.14. The van der Waals surface area contributed by atoms with Gasteiger partial charge in [0.05, 0.1) is 16.6 Å². The van der Waals surface area contributed by atoms with Crippen molar-refractivity contribution in [2.45, 2.75) is 31.8 Å². The number of rotatable bonds is 5. The molecule has 7 nitrogen and oxygen atoms in total. The summed E-state index contributed by atoms with van der Waals surface area (Å²) in [7, 11) is 0. The van der Waals surface area contributed by atoms with Crippen molar-refractivity contribution in [1.29, 1.82) is 0 Å². The second-order valence-electron chi connectivity index (χ2n) is 6.58. The van der Waals surface area contributed by atoms with Crippen LogP contribution in [0.1, 0.15) is 43.4 Å². The van der Waals surface area contributed by atoms with Crippen LogP contribution in [0.25, 0.3) is 22.6 Å². The predicted octanol–water partition coefficient (Wildman–Crippen LogP) is 4.43. The van der Waals surface area contributed by atoms with Gasteiger partial charge in [0.15, 0.2) is 6.10 Å². The highest BCUT2D eigenvalue weighted by Crippen LogP contribution is 2.42. The number of nitrogens with zero attached hydrogens (tertiary/aromatic N) is 4. The molecule has 0 radical (unpaired) electrons. The first-order valence-electron chi connectivity index (χ1n) is 8.68. The van der Waals surface area contributed by atoms with Crippen LogP contribution >= 0.6 is 0 Å². The smallest absolute Gasteiger partial charge is 0.257 e. The van der Waals surface area contributed by atoms with Crippen LogP contribution in [0.5, 0.6) is 5.75 Å². The molecule has 1 saturated carbocycles. The number of hydrogen-bond donors (Lipinski definition) is 0. The molecule has 136 valence electrons. The van der Waals surface area contributed by atoms with Crippen molar-refractivity contribution in [1.82, 2.24) is 20.3 Å². The first-order chi connectivity index (χ1) is 13.2. The van der Waals surface area contributed by atoms with Gasteiger partial charge in [-0.25, -0.2) is 9.37 Å². The Morgan fingerprint density at radius 3 is 2.78 bits per heavy atom. The van der Waals surface area contributed by atoms with E-state index in [9.17, 15) is 4.39 Å². The predicted molar refractivity (Wildman–Crippen MR) is 92.5 cm³/mol. The van der Waals surface area contributed by atoms with E-state index in [-0.39, 0.29) is 5.82 Å². The van der Waals surface area contributed by atoms with Gasteiger partial charge in [0.2, 0.25) is 5.89 Å².